The average Bonchev–Trinajstić information content (AvgIpc) is 3.01. The molecule has 6 rings (SSSR count). The molecule has 0 radical (unpaired) electrons. The van der Waals surface area contributed by atoms with Crippen LogP contribution in [-0.2, 0) is 24.5 Å². The predicted octanol–water partition coefficient (Wildman–Crippen LogP) is 7.13. The van der Waals surface area contributed by atoms with Gasteiger partial charge in [-0.1, -0.05) is 71.8 Å². The largest absolute Gasteiger partial charge is 0.299 e. The fourth-order valence-electron chi connectivity index (χ4n) is 7.46. The zero-order chi connectivity index (χ0) is 32.1. The van der Waals surface area contributed by atoms with Crippen LogP contribution in [0, 0.1) is 37.3 Å². The number of benzene rings is 4. The lowest BCUT2D eigenvalue weighted by Gasteiger charge is -2.48. The van der Waals surface area contributed by atoms with Crippen molar-refractivity contribution in [1.82, 2.24) is 0 Å². The molecule has 0 saturated heterocycles. The molecule has 234 valence electrons. The smallest absolute Gasteiger partial charge is 0.182 e. The molecule has 2 aliphatic rings. The molecule has 9 heteroatoms. The van der Waals surface area contributed by atoms with Crippen LogP contribution in [0.25, 0.3) is 0 Å². The summed E-state index contributed by atoms with van der Waals surface area (Å²) in [6, 6.07) is 24.6. The van der Waals surface area contributed by atoms with E-state index < -0.39 is 65.5 Å². The first-order chi connectivity index (χ1) is 21.4. The third kappa shape index (κ3) is 5.65. The van der Waals surface area contributed by atoms with Gasteiger partial charge < -0.3 is 0 Å². The van der Waals surface area contributed by atoms with Gasteiger partial charge in [-0.3, -0.25) is 4.79 Å². The second-order valence-corrected chi connectivity index (χ2v) is 16.7. The maximum absolute atomic E-state index is 15.5. The minimum atomic E-state index is -4.17. The number of fused-ring (bicyclic) bond motifs is 1. The van der Waals surface area contributed by atoms with Crippen molar-refractivity contribution in [1.29, 1.82) is 0 Å². The summed E-state index contributed by atoms with van der Waals surface area (Å²) in [6.07, 6.45) is -0.490. The Hall–Kier alpha value is -3.69. The van der Waals surface area contributed by atoms with Crippen LogP contribution in [-0.4, -0.2) is 33.1 Å². The molecule has 2 fully saturated rings. The van der Waals surface area contributed by atoms with Crippen LogP contribution in [0.15, 0.2) is 107 Å². The van der Waals surface area contributed by atoms with Gasteiger partial charge in [-0.05, 0) is 80.1 Å². The predicted molar refractivity (Wildman–Crippen MR) is 168 cm³/mol. The molecule has 0 aromatic heterocycles. The summed E-state index contributed by atoms with van der Waals surface area (Å²) in [5, 5.41) is -2.41. The lowest BCUT2D eigenvalue weighted by atomic mass is 9.61. The number of aryl methyl sites for hydroxylation is 2. The summed E-state index contributed by atoms with van der Waals surface area (Å²) in [7, 11) is -8.25. The van der Waals surface area contributed by atoms with Crippen LogP contribution < -0.4 is 0 Å². The Morgan fingerprint density at radius 1 is 0.578 bits per heavy atom. The summed E-state index contributed by atoms with van der Waals surface area (Å²) < 4.78 is 88.4. The third-order valence-corrected chi connectivity index (χ3v) is 14.3. The molecule has 45 heavy (non-hydrogen) atoms. The highest BCUT2D eigenvalue weighted by Crippen LogP contribution is 2.54. The van der Waals surface area contributed by atoms with Crippen LogP contribution in [0.1, 0.15) is 53.4 Å². The first-order valence-electron chi connectivity index (χ1n) is 15.0. The van der Waals surface area contributed by atoms with Gasteiger partial charge in [-0.2, -0.15) is 0 Å². The van der Waals surface area contributed by atoms with Gasteiger partial charge in [-0.25, -0.2) is 25.6 Å². The molecule has 0 heterocycles. The average molecular weight is 649 g/mol. The van der Waals surface area contributed by atoms with E-state index in [1.807, 2.05) is 13.8 Å². The Morgan fingerprint density at radius 3 is 1.56 bits per heavy atom. The summed E-state index contributed by atoms with van der Waals surface area (Å²) in [5.41, 5.74) is 2.01. The van der Waals surface area contributed by atoms with Gasteiger partial charge in [0.15, 0.2) is 19.7 Å². The molecule has 6 atom stereocenters. The Kier molecular flexibility index (Phi) is 8.29. The minimum Gasteiger partial charge on any atom is -0.299 e. The van der Waals surface area contributed by atoms with E-state index >= 15 is 8.78 Å². The van der Waals surface area contributed by atoms with E-state index in [0.717, 1.165) is 11.1 Å². The molecule has 0 aliphatic heterocycles. The summed E-state index contributed by atoms with van der Waals surface area (Å²) in [4.78, 5) is 14.1. The number of carbonyl (C=O) groups is 1. The maximum Gasteiger partial charge on any atom is 0.182 e. The van der Waals surface area contributed by atoms with E-state index in [-0.39, 0.29) is 46.0 Å². The Labute approximate surface area is 263 Å². The van der Waals surface area contributed by atoms with Crippen LogP contribution in [0.2, 0.25) is 0 Å². The summed E-state index contributed by atoms with van der Waals surface area (Å²) in [5.74, 6) is -5.27. The van der Waals surface area contributed by atoms with Crippen LogP contribution in [0.5, 0.6) is 0 Å². The second kappa shape index (κ2) is 11.9. The lowest BCUT2D eigenvalue weighted by molar-refractivity contribution is -0.128. The first-order valence-corrected chi connectivity index (χ1v) is 18.1. The summed E-state index contributed by atoms with van der Waals surface area (Å²) >= 11 is 0. The highest BCUT2D eigenvalue weighted by Gasteiger charge is 2.57. The maximum atomic E-state index is 15.5. The SMILES string of the molecule is Cc1ccc(S(=O)(=O)C2C[C@H]3C(=O)CC(c4ccccc4F)C(S(=O)(=O)c4ccc(C)cc4)[C@H]3CC2c2ccccc2F)cc1. The van der Waals surface area contributed by atoms with E-state index in [4.69, 9.17) is 0 Å². The van der Waals surface area contributed by atoms with E-state index in [2.05, 4.69) is 0 Å². The van der Waals surface area contributed by atoms with Gasteiger partial charge in [0.25, 0.3) is 0 Å². The van der Waals surface area contributed by atoms with Gasteiger partial charge >= 0.3 is 0 Å². The third-order valence-electron chi connectivity index (χ3n) is 9.70. The molecule has 2 aliphatic carbocycles. The second-order valence-electron chi connectivity index (χ2n) is 12.4. The molecule has 5 nitrogen and oxygen atoms in total. The monoisotopic (exact) mass is 648 g/mol. The molecular formula is C36H34F2O5S2. The van der Waals surface area contributed by atoms with E-state index in [1.165, 1.54) is 60.7 Å². The van der Waals surface area contributed by atoms with Crippen molar-refractivity contribution in [2.24, 2.45) is 11.8 Å². The minimum absolute atomic E-state index is 0.0457. The zero-order valence-corrected chi connectivity index (χ0v) is 26.6. The quantitative estimate of drug-likeness (QED) is 0.222. The van der Waals surface area contributed by atoms with Crippen molar-refractivity contribution in [3.8, 4) is 0 Å². The van der Waals surface area contributed by atoms with Crippen LogP contribution in [0.4, 0.5) is 8.78 Å². The number of rotatable bonds is 6. The van der Waals surface area contributed by atoms with Gasteiger partial charge in [0.2, 0.25) is 0 Å². The number of carbonyl (C=O) groups excluding carboxylic acids is 1. The fraction of sp³-hybridized carbons (Fsp3) is 0.306. The molecular weight excluding hydrogens is 615 g/mol. The van der Waals surface area contributed by atoms with Crippen molar-refractivity contribution in [2.75, 3.05) is 0 Å². The Bertz CT molecular complexity index is 1960. The van der Waals surface area contributed by atoms with E-state index in [9.17, 15) is 21.6 Å². The van der Waals surface area contributed by atoms with Crippen LogP contribution >= 0.6 is 0 Å². The van der Waals surface area contributed by atoms with Gasteiger partial charge in [0.1, 0.15) is 17.4 Å². The number of halogens is 2. The van der Waals surface area contributed by atoms with Crippen LogP contribution in [0.3, 0.4) is 0 Å². The molecule has 0 spiro atoms. The molecule has 2 saturated carbocycles. The van der Waals surface area contributed by atoms with E-state index in [0.29, 0.717) is 0 Å². The topological polar surface area (TPSA) is 85.3 Å². The zero-order valence-electron chi connectivity index (χ0n) is 24.9. The molecule has 0 N–H and O–H groups in total. The Morgan fingerprint density at radius 2 is 1.04 bits per heavy atom. The summed E-state index contributed by atoms with van der Waals surface area (Å²) in [6.45, 7) is 3.67. The van der Waals surface area contributed by atoms with E-state index in [1.54, 1.807) is 36.4 Å². The molecule has 4 aromatic carbocycles. The molecule has 0 bridgehead atoms. The Balaban J connectivity index is 1.53. The highest BCUT2D eigenvalue weighted by atomic mass is 32.2. The number of hydrogen-bond donors (Lipinski definition) is 0. The van der Waals surface area contributed by atoms with Gasteiger partial charge in [0.05, 0.1) is 20.3 Å². The van der Waals surface area contributed by atoms with Crippen molar-refractivity contribution >= 4 is 25.5 Å². The number of hydrogen-bond acceptors (Lipinski definition) is 5. The fourth-order valence-corrected chi connectivity index (χ4v) is 11.7. The van der Waals surface area contributed by atoms with Crippen molar-refractivity contribution < 1.29 is 30.4 Å². The van der Waals surface area contributed by atoms with Gasteiger partial charge in [-0.15, -0.1) is 0 Å². The number of sulfone groups is 2. The van der Waals surface area contributed by atoms with Crippen molar-refractivity contribution in [3.05, 3.63) is 131 Å². The van der Waals surface area contributed by atoms with Crippen molar-refractivity contribution in [2.45, 2.75) is 65.2 Å². The highest BCUT2D eigenvalue weighted by molar-refractivity contribution is 7.92. The number of ketones is 1. The lowest BCUT2D eigenvalue weighted by Crippen LogP contribution is -2.53. The van der Waals surface area contributed by atoms with Crippen molar-refractivity contribution in [3.63, 3.8) is 0 Å². The normalized spacial score (nSPS) is 25.5. The first kappa shape index (κ1) is 31.3. The molecule has 4 unspecified atom stereocenters. The molecule has 4 aromatic rings. The molecule has 0 amide bonds. The number of Topliss-reactive ketones (excluding diaryl/α,β-unsaturated/α-hetero) is 1. The standard InChI is InChI=1S/C36H34F2O5S2/c1-22-11-15-24(16-12-22)44(40,41)35-21-28-30(19-29(35)26-7-3-5-9-32(26)37)36(45(42,43)25-17-13-23(2)14-18-25)31(20-34(28)39)27-8-4-6-10-33(27)38/h3-18,28-31,35-36H,19-21H2,1-2H3/t28-,29?,30+,31?,35?,36?/m1/s1. The van der Waals surface area contributed by atoms with Gasteiger partial charge in [0, 0.05) is 24.2 Å².